The second-order valence-electron chi connectivity index (χ2n) is 6.69. The minimum absolute atomic E-state index is 0.0914. The van der Waals surface area contributed by atoms with E-state index >= 15 is 0 Å². The highest BCUT2D eigenvalue weighted by Crippen LogP contribution is 2.28. The summed E-state index contributed by atoms with van der Waals surface area (Å²) in [6.07, 6.45) is 2.93. The molecular weight excluding hydrogens is 317 g/mol. The molecule has 25 heavy (non-hydrogen) atoms. The average Bonchev–Trinajstić information content (AvgIpc) is 3.02. The Kier molecular flexibility index (Phi) is 5.46. The molecule has 3 aromatic rings. The number of nitrogens with one attached hydrogen (secondary N) is 2. The summed E-state index contributed by atoms with van der Waals surface area (Å²) in [5.41, 5.74) is 2.44. The van der Waals surface area contributed by atoms with Crippen molar-refractivity contribution in [3.8, 4) is 11.1 Å². The van der Waals surface area contributed by atoms with E-state index in [1.54, 1.807) is 6.20 Å². The first-order chi connectivity index (χ1) is 12.1. The van der Waals surface area contributed by atoms with Gasteiger partial charge in [-0.15, -0.1) is 0 Å². The Morgan fingerprint density at radius 1 is 1.08 bits per heavy atom. The van der Waals surface area contributed by atoms with E-state index in [1.165, 1.54) is 6.20 Å². The zero-order valence-corrected chi connectivity index (χ0v) is 14.5. The maximum absolute atomic E-state index is 13.6. The van der Waals surface area contributed by atoms with Gasteiger partial charge in [0.15, 0.2) is 5.82 Å². The summed E-state index contributed by atoms with van der Waals surface area (Å²) in [7, 11) is 0. The summed E-state index contributed by atoms with van der Waals surface area (Å²) < 4.78 is 13.6. The third-order valence-electron chi connectivity index (χ3n) is 4.71. The van der Waals surface area contributed by atoms with Gasteiger partial charge in [-0.2, -0.15) is 0 Å². The highest BCUT2D eigenvalue weighted by Gasteiger charge is 2.24. The van der Waals surface area contributed by atoms with Crippen LogP contribution in [0, 0.1) is 17.7 Å². The first-order valence-electron chi connectivity index (χ1n) is 8.63. The fourth-order valence-corrected chi connectivity index (χ4v) is 3.22. The molecule has 3 heterocycles. The van der Waals surface area contributed by atoms with E-state index in [0.29, 0.717) is 22.9 Å². The molecular formula is C20H24FN3O. The maximum Gasteiger partial charge on any atom is 0.150 e. The molecule has 0 saturated carbocycles. The van der Waals surface area contributed by atoms with Gasteiger partial charge >= 0.3 is 0 Å². The Morgan fingerprint density at radius 3 is 2.40 bits per heavy atom. The third-order valence-corrected chi connectivity index (χ3v) is 4.71. The zero-order chi connectivity index (χ0) is 17.8. The number of H-pyrrole nitrogens is 1. The van der Waals surface area contributed by atoms with E-state index in [1.807, 2.05) is 36.4 Å². The molecule has 0 radical (unpaired) electrons. The van der Waals surface area contributed by atoms with Gasteiger partial charge in [0.05, 0.1) is 11.5 Å². The number of benzene rings is 1. The lowest BCUT2D eigenvalue weighted by molar-refractivity contribution is 0.0434. The van der Waals surface area contributed by atoms with Crippen LogP contribution in [0.2, 0.25) is 0 Å². The number of aliphatic hydroxyl groups is 1. The smallest absolute Gasteiger partial charge is 0.150 e. The fourth-order valence-electron chi connectivity index (χ4n) is 3.22. The number of aliphatic hydroxyl groups excluding tert-OH is 1. The van der Waals surface area contributed by atoms with Crippen LogP contribution in [0.3, 0.4) is 0 Å². The number of hydrogen-bond donors (Lipinski definition) is 3. The van der Waals surface area contributed by atoms with Crippen LogP contribution in [0.25, 0.3) is 22.2 Å². The SMILES string of the molecule is CC1CNCC(C)C1O.Fc1c[nH]c2nccc(-c3ccccc3)c12. The van der Waals surface area contributed by atoms with Crippen LogP contribution in [0.5, 0.6) is 0 Å². The molecule has 1 saturated heterocycles. The van der Waals surface area contributed by atoms with Crippen molar-refractivity contribution in [3.63, 3.8) is 0 Å². The summed E-state index contributed by atoms with van der Waals surface area (Å²) in [6, 6.07) is 11.6. The molecule has 1 aromatic carbocycles. The highest BCUT2D eigenvalue weighted by atomic mass is 19.1. The summed E-state index contributed by atoms with van der Waals surface area (Å²) in [4.78, 5) is 6.90. The third kappa shape index (κ3) is 3.89. The van der Waals surface area contributed by atoms with E-state index in [9.17, 15) is 9.50 Å². The van der Waals surface area contributed by atoms with Crippen molar-refractivity contribution in [3.05, 3.63) is 54.6 Å². The molecule has 5 heteroatoms. The normalized spacial score (nSPS) is 23.1. The van der Waals surface area contributed by atoms with Gasteiger partial charge in [0.2, 0.25) is 0 Å². The van der Waals surface area contributed by atoms with Gasteiger partial charge in [0.1, 0.15) is 5.65 Å². The van der Waals surface area contributed by atoms with E-state index < -0.39 is 0 Å². The standard InChI is InChI=1S/C13H9FN2.C7H15NO/c14-11-8-16-13-12(11)10(6-7-15-13)9-4-2-1-3-5-9;1-5-3-8-4-6(2)7(5)9/h1-8H,(H,15,16);5-9H,3-4H2,1-2H3. The van der Waals surface area contributed by atoms with Crippen LogP contribution in [0.4, 0.5) is 4.39 Å². The Bertz CT molecular complexity index is 808. The number of rotatable bonds is 1. The number of pyridine rings is 1. The second kappa shape index (κ2) is 7.76. The molecule has 0 aliphatic carbocycles. The lowest BCUT2D eigenvalue weighted by Gasteiger charge is -2.30. The minimum Gasteiger partial charge on any atom is -0.392 e. The first kappa shape index (κ1) is 17.6. The van der Waals surface area contributed by atoms with E-state index in [4.69, 9.17) is 0 Å². The molecule has 3 N–H and O–H groups in total. The second-order valence-corrected chi connectivity index (χ2v) is 6.69. The monoisotopic (exact) mass is 341 g/mol. The lowest BCUT2D eigenvalue weighted by atomic mass is 9.90. The molecule has 4 rings (SSSR count). The minimum atomic E-state index is -0.262. The Morgan fingerprint density at radius 2 is 1.76 bits per heavy atom. The molecule has 2 unspecified atom stereocenters. The van der Waals surface area contributed by atoms with Gasteiger partial charge in [0.25, 0.3) is 0 Å². The molecule has 132 valence electrons. The quantitative estimate of drug-likeness (QED) is 0.634. The van der Waals surface area contributed by atoms with Crippen molar-refractivity contribution < 1.29 is 9.50 Å². The van der Waals surface area contributed by atoms with Crippen LogP contribution in [0.1, 0.15) is 13.8 Å². The number of aromatic amines is 1. The summed E-state index contributed by atoms with van der Waals surface area (Å²) in [6.45, 7) is 6.08. The summed E-state index contributed by atoms with van der Waals surface area (Å²) in [5, 5.41) is 13.2. The van der Waals surface area contributed by atoms with Gasteiger partial charge in [-0.1, -0.05) is 44.2 Å². The van der Waals surface area contributed by atoms with Crippen molar-refractivity contribution in [2.75, 3.05) is 13.1 Å². The molecule has 0 bridgehead atoms. The van der Waals surface area contributed by atoms with Crippen molar-refractivity contribution >= 4 is 11.0 Å². The average molecular weight is 341 g/mol. The van der Waals surface area contributed by atoms with Crippen LogP contribution >= 0.6 is 0 Å². The number of nitrogens with zero attached hydrogens (tertiary/aromatic N) is 1. The molecule has 1 aliphatic heterocycles. The Balaban J connectivity index is 0.000000173. The fraction of sp³-hybridized carbons (Fsp3) is 0.350. The van der Waals surface area contributed by atoms with Crippen molar-refractivity contribution in [1.82, 2.24) is 15.3 Å². The molecule has 4 nitrogen and oxygen atoms in total. The summed E-state index contributed by atoms with van der Waals surface area (Å²) >= 11 is 0. The van der Waals surface area contributed by atoms with Crippen LogP contribution < -0.4 is 5.32 Å². The molecule has 0 spiro atoms. The highest BCUT2D eigenvalue weighted by molar-refractivity contribution is 5.93. The molecule has 1 aliphatic rings. The predicted molar refractivity (Wildman–Crippen MR) is 98.7 cm³/mol. The topological polar surface area (TPSA) is 60.9 Å². The van der Waals surface area contributed by atoms with E-state index in [-0.39, 0.29) is 11.9 Å². The van der Waals surface area contributed by atoms with Gasteiger partial charge in [-0.05, 0) is 29.0 Å². The van der Waals surface area contributed by atoms with Gasteiger partial charge < -0.3 is 15.4 Å². The van der Waals surface area contributed by atoms with Crippen LogP contribution in [0.15, 0.2) is 48.8 Å². The maximum atomic E-state index is 13.6. The molecule has 1 fully saturated rings. The Labute approximate surface area is 147 Å². The molecule has 2 atom stereocenters. The van der Waals surface area contributed by atoms with Crippen molar-refractivity contribution in [2.24, 2.45) is 11.8 Å². The first-order valence-corrected chi connectivity index (χ1v) is 8.63. The van der Waals surface area contributed by atoms with Gasteiger partial charge in [-0.25, -0.2) is 9.37 Å². The van der Waals surface area contributed by atoms with Crippen molar-refractivity contribution in [2.45, 2.75) is 20.0 Å². The van der Waals surface area contributed by atoms with Crippen LogP contribution in [-0.2, 0) is 0 Å². The van der Waals surface area contributed by atoms with E-state index in [0.717, 1.165) is 24.2 Å². The number of fused-ring (bicyclic) bond motifs is 1. The largest absolute Gasteiger partial charge is 0.392 e. The number of halogens is 1. The number of piperidine rings is 1. The Hall–Kier alpha value is -2.24. The summed E-state index contributed by atoms with van der Waals surface area (Å²) in [5.74, 6) is 0.587. The zero-order valence-electron chi connectivity index (χ0n) is 14.5. The number of aromatic nitrogens is 2. The van der Waals surface area contributed by atoms with Gasteiger partial charge in [-0.3, -0.25) is 0 Å². The number of hydrogen-bond acceptors (Lipinski definition) is 3. The van der Waals surface area contributed by atoms with Gasteiger partial charge in [0, 0.05) is 25.5 Å². The lowest BCUT2D eigenvalue weighted by Crippen LogP contribution is -2.44. The molecule has 2 aromatic heterocycles. The van der Waals surface area contributed by atoms with Crippen molar-refractivity contribution in [1.29, 1.82) is 0 Å². The molecule has 0 amide bonds. The van der Waals surface area contributed by atoms with Crippen LogP contribution in [-0.4, -0.2) is 34.3 Å². The predicted octanol–water partition coefficient (Wildman–Crippen LogP) is 3.59. The van der Waals surface area contributed by atoms with E-state index in [2.05, 4.69) is 29.1 Å².